The predicted octanol–water partition coefficient (Wildman–Crippen LogP) is 1.22. The van der Waals surface area contributed by atoms with Crippen molar-refractivity contribution in [2.24, 2.45) is 0 Å². The van der Waals surface area contributed by atoms with Crippen LogP contribution in [0.2, 0.25) is 0 Å². The van der Waals surface area contributed by atoms with Gasteiger partial charge in [-0.3, -0.25) is 14.7 Å². The number of hydrogen-bond donors (Lipinski definition) is 3. The van der Waals surface area contributed by atoms with Crippen LogP contribution in [0, 0.1) is 6.92 Å². The van der Waals surface area contributed by atoms with Gasteiger partial charge in [0.15, 0.2) is 0 Å². The van der Waals surface area contributed by atoms with Crippen LogP contribution in [0.5, 0.6) is 0 Å². The van der Waals surface area contributed by atoms with Crippen LogP contribution in [-0.4, -0.2) is 21.1 Å². The maximum atomic E-state index is 12.2. The summed E-state index contributed by atoms with van der Waals surface area (Å²) in [5.41, 5.74) is 4.38. The lowest BCUT2D eigenvalue weighted by molar-refractivity contribution is 0.0950. The number of aromatic amines is 2. The van der Waals surface area contributed by atoms with Crippen molar-refractivity contribution in [3.8, 4) is 0 Å². The molecule has 3 N–H and O–H groups in total. The third-order valence-electron chi connectivity index (χ3n) is 4.05. The molecule has 2 aromatic heterocycles. The fourth-order valence-electron chi connectivity index (χ4n) is 2.94. The summed E-state index contributed by atoms with van der Waals surface area (Å²) < 4.78 is 0. The number of nitrogens with one attached hydrogen (secondary N) is 3. The molecule has 6 nitrogen and oxygen atoms in total. The highest BCUT2D eigenvalue weighted by Crippen LogP contribution is 2.24. The summed E-state index contributed by atoms with van der Waals surface area (Å²) in [5.74, 6) is -0.228. The maximum absolute atomic E-state index is 12.2. The Labute approximate surface area is 122 Å². The lowest BCUT2D eigenvalue weighted by atomic mass is 9.88. The third kappa shape index (κ3) is 2.61. The van der Waals surface area contributed by atoms with Gasteiger partial charge in [-0.25, -0.2) is 0 Å². The first-order chi connectivity index (χ1) is 10.2. The molecule has 0 aliphatic heterocycles. The Balaban J connectivity index is 1.85. The number of pyridine rings is 1. The van der Waals surface area contributed by atoms with Crippen LogP contribution in [0.25, 0.3) is 0 Å². The molecular weight excluding hydrogens is 268 g/mol. The number of aromatic nitrogens is 3. The van der Waals surface area contributed by atoms with Gasteiger partial charge in [0.25, 0.3) is 11.5 Å². The molecule has 1 amide bonds. The molecule has 110 valence electrons. The highest BCUT2D eigenvalue weighted by Gasteiger charge is 2.19. The molecule has 21 heavy (non-hydrogen) atoms. The average Bonchev–Trinajstić information content (AvgIpc) is 3.01. The molecule has 0 fully saturated rings. The second kappa shape index (κ2) is 5.55. The van der Waals surface area contributed by atoms with Crippen molar-refractivity contribution < 1.29 is 4.79 Å². The summed E-state index contributed by atoms with van der Waals surface area (Å²) in [5, 5.41) is 9.14. The Hall–Kier alpha value is -2.37. The predicted molar refractivity (Wildman–Crippen MR) is 78.2 cm³/mol. The molecule has 0 bridgehead atoms. The molecule has 3 rings (SSSR count). The van der Waals surface area contributed by atoms with Crippen LogP contribution in [0.1, 0.15) is 45.6 Å². The zero-order chi connectivity index (χ0) is 14.8. The Morgan fingerprint density at radius 3 is 2.81 bits per heavy atom. The minimum absolute atomic E-state index is 0.0966. The SMILES string of the molecule is Cc1[nH]c(=O)c(CNC(=O)c2cn[nH]c2)c2c1CCCC2. The van der Waals surface area contributed by atoms with Crippen molar-refractivity contribution in [3.63, 3.8) is 0 Å². The molecule has 0 unspecified atom stereocenters. The molecule has 6 heteroatoms. The molecule has 0 atom stereocenters. The second-order valence-electron chi connectivity index (χ2n) is 5.39. The number of carbonyl (C=O) groups excluding carboxylic acids is 1. The van der Waals surface area contributed by atoms with Crippen molar-refractivity contribution in [2.75, 3.05) is 0 Å². The minimum atomic E-state index is -0.228. The maximum Gasteiger partial charge on any atom is 0.254 e. The van der Waals surface area contributed by atoms with Gasteiger partial charge in [-0.05, 0) is 43.7 Å². The van der Waals surface area contributed by atoms with E-state index in [1.807, 2.05) is 6.92 Å². The molecule has 0 spiro atoms. The second-order valence-corrected chi connectivity index (χ2v) is 5.39. The topological polar surface area (TPSA) is 90.6 Å². The third-order valence-corrected chi connectivity index (χ3v) is 4.05. The molecular formula is C15H18N4O2. The fourth-order valence-corrected chi connectivity index (χ4v) is 2.94. The van der Waals surface area contributed by atoms with Crippen LogP contribution >= 0.6 is 0 Å². The van der Waals surface area contributed by atoms with Gasteiger partial charge in [0.2, 0.25) is 0 Å². The summed E-state index contributed by atoms with van der Waals surface area (Å²) in [6, 6.07) is 0. The van der Waals surface area contributed by atoms with E-state index in [9.17, 15) is 9.59 Å². The van der Waals surface area contributed by atoms with E-state index >= 15 is 0 Å². The summed E-state index contributed by atoms with van der Waals surface area (Å²) in [7, 11) is 0. The standard InChI is InChI=1S/C15H18N4O2/c1-9-11-4-2-3-5-12(11)13(15(21)19-9)8-16-14(20)10-6-17-18-7-10/h6-7H,2-5,8H2,1H3,(H,16,20)(H,17,18)(H,19,21). The van der Waals surface area contributed by atoms with E-state index in [-0.39, 0.29) is 18.0 Å². The van der Waals surface area contributed by atoms with Gasteiger partial charge in [0.1, 0.15) is 0 Å². The molecule has 0 aromatic carbocycles. The first-order valence-electron chi connectivity index (χ1n) is 7.17. The smallest absolute Gasteiger partial charge is 0.254 e. The fraction of sp³-hybridized carbons (Fsp3) is 0.400. The van der Waals surface area contributed by atoms with Crippen molar-refractivity contribution in [2.45, 2.75) is 39.2 Å². The van der Waals surface area contributed by atoms with Crippen LogP contribution in [-0.2, 0) is 19.4 Å². The number of H-pyrrole nitrogens is 2. The van der Waals surface area contributed by atoms with Crippen molar-refractivity contribution in [3.05, 3.63) is 50.7 Å². The van der Waals surface area contributed by atoms with Gasteiger partial charge in [-0.15, -0.1) is 0 Å². The Kier molecular flexibility index (Phi) is 3.60. The molecule has 0 radical (unpaired) electrons. The van der Waals surface area contributed by atoms with E-state index in [1.54, 1.807) is 0 Å². The van der Waals surface area contributed by atoms with E-state index in [0.29, 0.717) is 11.1 Å². The Bertz CT molecular complexity index is 716. The molecule has 0 saturated heterocycles. The molecule has 2 aromatic rings. The van der Waals surface area contributed by atoms with E-state index < -0.39 is 0 Å². The number of amides is 1. The highest BCUT2D eigenvalue weighted by atomic mass is 16.1. The first kappa shape index (κ1) is 13.6. The van der Waals surface area contributed by atoms with Crippen LogP contribution in [0.3, 0.4) is 0 Å². The highest BCUT2D eigenvalue weighted by molar-refractivity contribution is 5.93. The lowest BCUT2D eigenvalue weighted by Crippen LogP contribution is -2.30. The first-order valence-corrected chi connectivity index (χ1v) is 7.17. The van der Waals surface area contributed by atoms with Crippen molar-refractivity contribution in [1.29, 1.82) is 0 Å². The lowest BCUT2D eigenvalue weighted by Gasteiger charge is -2.21. The number of nitrogens with zero attached hydrogens (tertiary/aromatic N) is 1. The van der Waals surface area contributed by atoms with E-state index in [4.69, 9.17) is 0 Å². The van der Waals surface area contributed by atoms with Crippen molar-refractivity contribution in [1.82, 2.24) is 20.5 Å². The van der Waals surface area contributed by atoms with Gasteiger partial charge in [0.05, 0.1) is 11.8 Å². The molecule has 1 aliphatic rings. The Morgan fingerprint density at radius 2 is 2.10 bits per heavy atom. The monoisotopic (exact) mass is 286 g/mol. The van der Waals surface area contributed by atoms with Crippen molar-refractivity contribution >= 4 is 5.91 Å². The Morgan fingerprint density at radius 1 is 1.33 bits per heavy atom. The summed E-state index contributed by atoms with van der Waals surface area (Å²) in [6.45, 7) is 2.20. The van der Waals surface area contributed by atoms with Gasteiger partial charge in [0, 0.05) is 24.0 Å². The van der Waals surface area contributed by atoms with E-state index in [0.717, 1.165) is 36.9 Å². The van der Waals surface area contributed by atoms with Crippen LogP contribution in [0.15, 0.2) is 17.2 Å². The van der Waals surface area contributed by atoms with Crippen LogP contribution < -0.4 is 10.9 Å². The number of rotatable bonds is 3. The summed E-state index contributed by atoms with van der Waals surface area (Å²) in [4.78, 5) is 27.0. The van der Waals surface area contributed by atoms with E-state index in [2.05, 4.69) is 20.5 Å². The zero-order valence-corrected chi connectivity index (χ0v) is 12.0. The van der Waals surface area contributed by atoms with Gasteiger partial charge < -0.3 is 10.3 Å². The number of hydrogen-bond acceptors (Lipinski definition) is 3. The summed E-state index contributed by atoms with van der Waals surface area (Å²) >= 11 is 0. The number of aryl methyl sites for hydroxylation is 1. The molecule has 0 saturated carbocycles. The van der Waals surface area contributed by atoms with Crippen LogP contribution in [0.4, 0.5) is 0 Å². The van der Waals surface area contributed by atoms with E-state index in [1.165, 1.54) is 18.0 Å². The summed E-state index contributed by atoms with van der Waals surface area (Å²) in [6.07, 6.45) is 7.16. The normalized spacial score (nSPS) is 13.8. The zero-order valence-electron chi connectivity index (χ0n) is 12.0. The van der Waals surface area contributed by atoms with Gasteiger partial charge >= 0.3 is 0 Å². The largest absolute Gasteiger partial charge is 0.348 e. The van der Waals surface area contributed by atoms with Gasteiger partial charge in [-0.2, -0.15) is 5.10 Å². The average molecular weight is 286 g/mol. The minimum Gasteiger partial charge on any atom is -0.348 e. The molecule has 2 heterocycles. The number of fused-ring (bicyclic) bond motifs is 1. The molecule has 1 aliphatic carbocycles. The number of carbonyl (C=O) groups is 1. The quantitative estimate of drug-likeness (QED) is 0.792. The van der Waals surface area contributed by atoms with Gasteiger partial charge in [-0.1, -0.05) is 0 Å².